The lowest BCUT2D eigenvalue weighted by Gasteiger charge is -2.02. The van der Waals surface area contributed by atoms with Crippen LogP contribution in [0.25, 0.3) is 21.6 Å². The Bertz CT molecular complexity index is 742. The summed E-state index contributed by atoms with van der Waals surface area (Å²) in [6, 6.07) is 6.21. The molecule has 3 aromatic rings. The summed E-state index contributed by atoms with van der Waals surface area (Å²) >= 11 is 13.3. The summed E-state index contributed by atoms with van der Waals surface area (Å²) in [6.07, 6.45) is 0. The maximum absolute atomic E-state index is 13.1. The monoisotopic (exact) mass is 298 g/mol. The molecule has 3 rings (SSSR count). The lowest BCUT2D eigenvalue weighted by molar-refractivity contribution is 0.628. The summed E-state index contributed by atoms with van der Waals surface area (Å²) in [5.74, 6) is -0.0273. The highest BCUT2D eigenvalue weighted by atomic mass is 35.5. The van der Waals surface area contributed by atoms with Gasteiger partial charge in [-0.25, -0.2) is 14.4 Å². The Morgan fingerprint density at radius 1 is 1.11 bits per heavy atom. The standard InChI is InChI=1S/C12H5Cl2FN2S/c13-8-5-6(1-2-9(8)15)11-16-10(14)7-3-4-18-12(7)17-11/h1-5H. The summed E-state index contributed by atoms with van der Waals surface area (Å²) < 4.78 is 13.1. The van der Waals surface area contributed by atoms with E-state index in [9.17, 15) is 4.39 Å². The molecule has 2 nitrogen and oxygen atoms in total. The molecule has 1 aromatic carbocycles. The van der Waals surface area contributed by atoms with Crippen LogP contribution in [0.4, 0.5) is 4.39 Å². The van der Waals surface area contributed by atoms with Crippen molar-refractivity contribution in [1.29, 1.82) is 0 Å². The third-order valence-electron chi connectivity index (χ3n) is 2.46. The van der Waals surface area contributed by atoms with Gasteiger partial charge < -0.3 is 0 Å². The molecular formula is C12H5Cl2FN2S. The summed E-state index contributed by atoms with van der Waals surface area (Å²) in [7, 11) is 0. The summed E-state index contributed by atoms with van der Waals surface area (Å²) in [5.41, 5.74) is 0.638. The molecule has 2 heterocycles. The molecule has 0 radical (unpaired) electrons. The molecule has 0 saturated heterocycles. The molecule has 6 heteroatoms. The number of hydrogen-bond acceptors (Lipinski definition) is 3. The molecule has 0 aliphatic heterocycles. The first kappa shape index (κ1) is 11.8. The molecule has 0 spiro atoms. The first-order valence-corrected chi connectivity index (χ1v) is 6.65. The van der Waals surface area contributed by atoms with Crippen LogP contribution in [0.1, 0.15) is 0 Å². The number of benzene rings is 1. The first-order valence-electron chi connectivity index (χ1n) is 5.01. The molecule has 0 N–H and O–H groups in total. The van der Waals surface area contributed by atoms with Crippen molar-refractivity contribution in [3.8, 4) is 11.4 Å². The number of thiophene rings is 1. The van der Waals surface area contributed by atoms with Crippen molar-refractivity contribution in [2.75, 3.05) is 0 Å². The van der Waals surface area contributed by atoms with Crippen LogP contribution in [-0.2, 0) is 0 Å². The third-order valence-corrected chi connectivity index (χ3v) is 3.84. The van der Waals surface area contributed by atoms with E-state index in [0.29, 0.717) is 16.5 Å². The molecule has 2 aromatic heterocycles. The molecule has 0 amide bonds. The normalized spacial score (nSPS) is 11.1. The fraction of sp³-hybridized carbons (Fsp3) is 0. The van der Waals surface area contributed by atoms with Gasteiger partial charge in [-0.3, -0.25) is 0 Å². The number of fused-ring (bicyclic) bond motifs is 1. The second-order valence-electron chi connectivity index (χ2n) is 3.61. The largest absolute Gasteiger partial charge is 0.217 e. The van der Waals surface area contributed by atoms with Crippen LogP contribution in [0.3, 0.4) is 0 Å². The Hall–Kier alpha value is -1.23. The molecule has 0 atom stereocenters. The van der Waals surface area contributed by atoms with E-state index in [1.165, 1.54) is 23.5 Å². The van der Waals surface area contributed by atoms with E-state index < -0.39 is 5.82 Å². The molecule has 0 aliphatic carbocycles. The van der Waals surface area contributed by atoms with Gasteiger partial charge in [-0.15, -0.1) is 11.3 Å². The fourth-order valence-corrected chi connectivity index (χ4v) is 2.82. The van der Waals surface area contributed by atoms with Gasteiger partial charge in [0.1, 0.15) is 15.8 Å². The number of aromatic nitrogens is 2. The minimum absolute atomic E-state index is 0.0403. The van der Waals surface area contributed by atoms with Crippen LogP contribution in [0.2, 0.25) is 10.2 Å². The van der Waals surface area contributed by atoms with E-state index in [-0.39, 0.29) is 5.02 Å². The summed E-state index contributed by atoms with van der Waals surface area (Å²) in [6.45, 7) is 0. The molecular weight excluding hydrogens is 294 g/mol. The van der Waals surface area contributed by atoms with Crippen LogP contribution in [0, 0.1) is 5.82 Å². The maximum atomic E-state index is 13.1. The van der Waals surface area contributed by atoms with Crippen molar-refractivity contribution >= 4 is 44.8 Å². The van der Waals surface area contributed by atoms with Gasteiger partial charge in [-0.2, -0.15) is 0 Å². The van der Waals surface area contributed by atoms with Crippen LogP contribution < -0.4 is 0 Å². The topological polar surface area (TPSA) is 25.8 Å². The number of hydrogen-bond donors (Lipinski definition) is 0. The molecule has 0 aliphatic rings. The minimum Gasteiger partial charge on any atom is -0.217 e. The number of nitrogens with zero attached hydrogens (tertiary/aromatic N) is 2. The van der Waals surface area contributed by atoms with E-state index in [2.05, 4.69) is 9.97 Å². The zero-order valence-corrected chi connectivity index (χ0v) is 11.2. The lowest BCUT2D eigenvalue weighted by atomic mass is 10.2. The van der Waals surface area contributed by atoms with E-state index in [1.54, 1.807) is 6.07 Å². The summed E-state index contributed by atoms with van der Waals surface area (Å²) in [4.78, 5) is 9.37. The Kier molecular flexibility index (Phi) is 2.93. The third kappa shape index (κ3) is 1.96. The first-order chi connectivity index (χ1) is 8.65. The second kappa shape index (κ2) is 4.46. The maximum Gasteiger partial charge on any atom is 0.162 e. The molecule has 0 saturated carbocycles. The van der Waals surface area contributed by atoms with Gasteiger partial charge in [0.25, 0.3) is 0 Å². The van der Waals surface area contributed by atoms with E-state index >= 15 is 0 Å². The van der Waals surface area contributed by atoms with E-state index in [0.717, 1.165) is 10.2 Å². The number of rotatable bonds is 1. The van der Waals surface area contributed by atoms with Gasteiger partial charge in [-0.1, -0.05) is 23.2 Å². The zero-order chi connectivity index (χ0) is 12.7. The van der Waals surface area contributed by atoms with Gasteiger partial charge in [-0.05, 0) is 29.6 Å². The Balaban J connectivity index is 2.21. The average Bonchev–Trinajstić information content (AvgIpc) is 2.81. The van der Waals surface area contributed by atoms with Crippen molar-refractivity contribution in [3.05, 3.63) is 45.6 Å². The smallest absolute Gasteiger partial charge is 0.162 e. The van der Waals surface area contributed by atoms with Gasteiger partial charge >= 0.3 is 0 Å². The van der Waals surface area contributed by atoms with Crippen molar-refractivity contribution < 1.29 is 4.39 Å². The fourth-order valence-electron chi connectivity index (χ4n) is 1.58. The van der Waals surface area contributed by atoms with Crippen LogP contribution in [0.5, 0.6) is 0 Å². The molecule has 0 fully saturated rings. The highest BCUT2D eigenvalue weighted by molar-refractivity contribution is 7.16. The zero-order valence-electron chi connectivity index (χ0n) is 8.82. The molecule has 18 heavy (non-hydrogen) atoms. The van der Waals surface area contributed by atoms with Crippen molar-refractivity contribution in [2.45, 2.75) is 0 Å². The van der Waals surface area contributed by atoms with Crippen molar-refractivity contribution in [1.82, 2.24) is 9.97 Å². The minimum atomic E-state index is -0.469. The Morgan fingerprint density at radius 2 is 1.94 bits per heavy atom. The average molecular weight is 299 g/mol. The SMILES string of the molecule is Fc1ccc(-c2nc(Cl)c3ccsc3n2)cc1Cl. The van der Waals surface area contributed by atoms with Crippen LogP contribution in [-0.4, -0.2) is 9.97 Å². The molecule has 90 valence electrons. The van der Waals surface area contributed by atoms with Gasteiger partial charge in [0, 0.05) is 10.9 Å². The molecule has 0 bridgehead atoms. The predicted molar refractivity (Wildman–Crippen MR) is 72.8 cm³/mol. The molecule has 0 unspecified atom stereocenters. The second-order valence-corrected chi connectivity index (χ2v) is 5.27. The highest BCUT2D eigenvalue weighted by Crippen LogP contribution is 2.29. The quantitative estimate of drug-likeness (QED) is 0.603. The van der Waals surface area contributed by atoms with Gasteiger partial charge in [0.05, 0.1) is 5.02 Å². The van der Waals surface area contributed by atoms with Gasteiger partial charge in [0.15, 0.2) is 5.82 Å². The summed E-state index contributed by atoms with van der Waals surface area (Å²) in [5, 5.41) is 3.14. The highest BCUT2D eigenvalue weighted by Gasteiger charge is 2.10. The number of halogens is 3. The lowest BCUT2D eigenvalue weighted by Crippen LogP contribution is -1.90. The van der Waals surface area contributed by atoms with Crippen LogP contribution in [0.15, 0.2) is 29.6 Å². The van der Waals surface area contributed by atoms with E-state index in [1.807, 2.05) is 11.4 Å². The van der Waals surface area contributed by atoms with Crippen LogP contribution >= 0.6 is 34.5 Å². The van der Waals surface area contributed by atoms with Crippen molar-refractivity contribution in [3.63, 3.8) is 0 Å². The van der Waals surface area contributed by atoms with Crippen molar-refractivity contribution in [2.24, 2.45) is 0 Å². The Morgan fingerprint density at radius 3 is 2.72 bits per heavy atom. The van der Waals surface area contributed by atoms with Gasteiger partial charge in [0.2, 0.25) is 0 Å². The van der Waals surface area contributed by atoms with E-state index in [4.69, 9.17) is 23.2 Å². The Labute approximate surface area is 116 Å². The predicted octanol–water partition coefficient (Wildman–Crippen LogP) is 4.80.